The summed E-state index contributed by atoms with van der Waals surface area (Å²) in [7, 11) is 0. The molecule has 0 unspecified atom stereocenters. The number of rotatable bonds is 3. The monoisotopic (exact) mass is 740 g/mol. The van der Waals surface area contributed by atoms with E-state index in [4.69, 9.17) is 0 Å². The van der Waals surface area contributed by atoms with Crippen molar-refractivity contribution in [3.63, 3.8) is 0 Å². The van der Waals surface area contributed by atoms with E-state index < -0.39 is 0 Å². The second-order valence-corrected chi connectivity index (χ2v) is 16.3. The van der Waals surface area contributed by atoms with Crippen LogP contribution in [0.5, 0.6) is 0 Å². The largest absolute Gasteiger partial charge is 0.307 e. The third-order valence-electron chi connectivity index (χ3n) is 12.3. The molecule has 0 aliphatic heterocycles. The van der Waals surface area contributed by atoms with Crippen LogP contribution in [0.25, 0.3) is 119 Å². The number of fused-ring (bicyclic) bond motifs is 16. The van der Waals surface area contributed by atoms with Crippen LogP contribution in [0, 0.1) is 0 Å². The Morgan fingerprint density at radius 2 is 0.842 bits per heavy atom. The van der Waals surface area contributed by atoms with Crippen molar-refractivity contribution in [2.24, 2.45) is 0 Å². The van der Waals surface area contributed by atoms with Crippen molar-refractivity contribution < 1.29 is 0 Å². The lowest BCUT2D eigenvalue weighted by molar-refractivity contribution is 1.16. The van der Waals surface area contributed by atoms with Gasteiger partial charge in [0.05, 0.1) is 32.5 Å². The summed E-state index contributed by atoms with van der Waals surface area (Å²) in [4.78, 5) is 0. The molecule has 264 valence electrons. The summed E-state index contributed by atoms with van der Waals surface area (Å²) in [6, 6.07) is 71.9. The molecule has 57 heavy (non-hydrogen) atoms. The molecule has 0 bridgehead atoms. The Bertz CT molecular complexity index is 3790. The summed E-state index contributed by atoms with van der Waals surface area (Å²) in [6.45, 7) is 0. The van der Waals surface area contributed by atoms with Crippen LogP contribution < -0.4 is 0 Å². The Balaban J connectivity index is 1.24. The SMILES string of the molecule is c1ccc(-c2ccc(-n3c4cc5c6ccccc6c6ccccc6c5cc4c4ccc5c6ccccc6n(-c6cccc7c6sc6ccccc67)c5c43)cc2)cc1. The zero-order valence-corrected chi connectivity index (χ0v) is 31.6. The number of para-hydroxylation sites is 1. The minimum atomic E-state index is 1.14. The van der Waals surface area contributed by atoms with Crippen LogP contribution in [-0.4, -0.2) is 9.13 Å². The number of hydrogen-bond donors (Lipinski definition) is 0. The molecule has 0 radical (unpaired) electrons. The molecule has 13 rings (SSSR count). The van der Waals surface area contributed by atoms with Gasteiger partial charge in [-0.2, -0.15) is 0 Å². The van der Waals surface area contributed by atoms with E-state index in [1.165, 1.54) is 113 Å². The van der Waals surface area contributed by atoms with Crippen molar-refractivity contribution >= 4 is 107 Å². The second kappa shape index (κ2) is 11.7. The topological polar surface area (TPSA) is 9.86 Å². The fourth-order valence-electron chi connectivity index (χ4n) is 9.81. The zero-order valence-electron chi connectivity index (χ0n) is 30.8. The van der Waals surface area contributed by atoms with Crippen LogP contribution in [0.1, 0.15) is 0 Å². The summed E-state index contributed by atoms with van der Waals surface area (Å²) >= 11 is 1.89. The highest BCUT2D eigenvalue weighted by Gasteiger charge is 2.24. The summed E-state index contributed by atoms with van der Waals surface area (Å²) < 4.78 is 7.72. The van der Waals surface area contributed by atoms with Gasteiger partial charge in [0.1, 0.15) is 0 Å². The fourth-order valence-corrected chi connectivity index (χ4v) is 11.0. The van der Waals surface area contributed by atoms with Crippen LogP contribution in [0.4, 0.5) is 0 Å². The van der Waals surface area contributed by atoms with Gasteiger partial charge in [0.15, 0.2) is 0 Å². The van der Waals surface area contributed by atoms with Gasteiger partial charge >= 0.3 is 0 Å². The number of thiophene rings is 1. The second-order valence-electron chi connectivity index (χ2n) is 15.2. The van der Waals surface area contributed by atoms with E-state index in [9.17, 15) is 0 Å². The first-order valence-electron chi connectivity index (χ1n) is 19.6. The Labute approximate surface area is 331 Å². The predicted molar refractivity (Wildman–Crippen MR) is 246 cm³/mol. The van der Waals surface area contributed by atoms with Crippen molar-refractivity contribution in [3.05, 3.63) is 194 Å². The molecule has 0 N–H and O–H groups in total. The van der Waals surface area contributed by atoms with Gasteiger partial charge in [0.25, 0.3) is 0 Å². The summed E-state index contributed by atoms with van der Waals surface area (Å²) in [5.74, 6) is 0. The molecule has 0 atom stereocenters. The predicted octanol–water partition coefficient (Wildman–Crippen LogP) is 15.4. The third-order valence-corrected chi connectivity index (χ3v) is 13.5. The smallest absolute Gasteiger partial charge is 0.0789 e. The molecule has 0 aliphatic carbocycles. The maximum Gasteiger partial charge on any atom is 0.0789 e. The van der Waals surface area contributed by atoms with Crippen LogP contribution >= 0.6 is 11.3 Å². The molecule has 0 saturated carbocycles. The van der Waals surface area contributed by atoms with E-state index in [2.05, 4.69) is 203 Å². The lowest BCUT2D eigenvalue weighted by Gasteiger charge is -2.14. The first kappa shape index (κ1) is 31.1. The van der Waals surface area contributed by atoms with Gasteiger partial charge in [0, 0.05) is 42.7 Å². The molecule has 0 spiro atoms. The molecule has 0 amide bonds. The number of nitrogens with zero attached hydrogens (tertiary/aromatic N) is 2. The van der Waals surface area contributed by atoms with E-state index in [-0.39, 0.29) is 0 Å². The van der Waals surface area contributed by atoms with E-state index in [0.29, 0.717) is 0 Å². The minimum Gasteiger partial charge on any atom is -0.307 e. The van der Waals surface area contributed by atoms with E-state index in [1.807, 2.05) is 11.3 Å². The highest BCUT2D eigenvalue weighted by atomic mass is 32.1. The van der Waals surface area contributed by atoms with Gasteiger partial charge in [-0.1, -0.05) is 152 Å². The molecule has 10 aromatic carbocycles. The van der Waals surface area contributed by atoms with Gasteiger partial charge in [-0.15, -0.1) is 11.3 Å². The van der Waals surface area contributed by atoms with Crippen molar-refractivity contribution in [3.8, 4) is 22.5 Å². The molecule has 0 aliphatic rings. The van der Waals surface area contributed by atoms with Crippen LogP contribution in [0.2, 0.25) is 0 Å². The molecule has 13 aromatic rings. The highest BCUT2D eigenvalue weighted by molar-refractivity contribution is 7.26. The van der Waals surface area contributed by atoms with Gasteiger partial charge in [-0.05, 0) is 85.9 Å². The Morgan fingerprint density at radius 3 is 1.58 bits per heavy atom. The normalized spacial score (nSPS) is 12.2. The summed E-state index contributed by atoms with van der Waals surface area (Å²) in [5, 5.41) is 15.3. The maximum atomic E-state index is 2.56. The average Bonchev–Trinajstić information content (AvgIpc) is 3.94. The van der Waals surface area contributed by atoms with Crippen LogP contribution in [-0.2, 0) is 0 Å². The fraction of sp³-hybridized carbons (Fsp3) is 0. The molecule has 3 heterocycles. The standard InChI is InChI=1S/C54H32N2S/c1-2-13-33(14-3-1)34-25-27-35(28-26-34)55-50-32-46-39-18-7-5-16-37(39)36-15-4-6-17-38(36)45(46)31-47(50)43-30-29-42-40-19-8-10-22-48(40)56(53(42)52(43)55)49-23-12-21-44-41-20-9-11-24-51(41)57-54(44)49/h1-32H. The van der Waals surface area contributed by atoms with Gasteiger partial charge in [-0.25, -0.2) is 0 Å². The molecular formula is C54H32N2S. The molecule has 2 nitrogen and oxygen atoms in total. The Kier molecular flexibility index (Phi) is 6.35. The molecular weight excluding hydrogens is 709 g/mol. The number of hydrogen-bond acceptors (Lipinski definition) is 1. The van der Waals surface area contributed by atoms with Gasteiger partial charge < -0.3 is 9.13 Å². The van der Waals surface area contributed by atoms with Crippen LogP contribution in [0.15, 0.2) is 194 Å². The quantitative estimate of drug-likeness (QED) is 0.160. The first-order valence-corrected chi connectivity index (χ1v) is 20.4. The highest BCUT2D eigenvalue weighted by Crippen LogP contribution is 2.46. The van der Waals surface area contributed by atoms with Crippen molar-refractivity contribution in [1.82, 2.24) is 9.13 Å². The molecule has 0 fully saturated rings. The lowest BCUT2D eigenvalue weighted by atomic mass is 9.93. The summed E-state index contributed by atoms with van der Waals surface area (Å²) in [6.07, 6.45) is 0. The minimum absolute atomic E-state index is 1.14. The van der Waals surface area contributed by atoms with Gasteiger partial charge in [0.2, 0.25) is 0 Å². The number of benzene rings is 10. The molecule has 3 heteroatoms. The van der Waals surface area contributed by atoms with Crippen molar-refractivity contribution in [2.75, 3.05) is 0 Å². The van der Waals surface area contributed by atoms with Gasteiger partial charge in [-0.3, -0.25) is 0 Å². The van der Waals surface area contributed by atoms with Crippen molar-refractivity contribution in [1.29, 1.82) is 0 Å². The molecule has 0 saturated heterocycles. The Hall–Kier alpha value is -7.20. The number of aromatic nitrogens is 2. The van der Waals surface area contributed by atoms with Crippen molar-refractivity contribution in [2.45, 2.75) is 0 Å². The zero-order chi connectivity index (χ0) is 37.2. The Morgan fingerprint density at radius 1 is 0.298 bits per heavy atom. The maximum absolute atomic E-state index is 2.56. The molecule has 3 aromatic heterocycles. The third kappa shape index (κ3) is 4.29. The van der Waals surface area contributed by atoms with E-state index in [0.717, 1.165) is 5.69 Å². The average molecular weight is 741 g/mol. The van der Waals surface area contributed by atoms with E-state index in [1.54, 1.807) is 0 Å². The lowest BCUT2D eigenvalue weighted by Crippen LogP contribution is -1.99. The van der Waals surface area contributed by atoms with Crippen LogP contribution in [0.3, 0.4) is 0 Å². The van der Waals surface area contributed by atoms with E-state index >= 15 is 0 Å². The summed E-state index contributed by atoms with van der Waals surface area (Å²) in [5.41, 5.74) is 9.63. The first-order chi connectivity index (χ1) is 28.3.